The summed E-state index contributed by atoms with van der Waals surface area (Å²) in [5.41, 5.74) is 14.8. The largest absolute Gasteiger partial charge is 0.309 e. The Kier molecular flexibility index (Phi) is 6.80. The van der Waals surface area contributed by atoms with Gasteiger partial charge in [-0.05, 0) is 82.5 Å². The van der Waals surface area contributed by atoms with E-state index in [1.54, 1.807) is 0 Å². The highest BCUT2D eigenvalue weighted by Gasteiger charge is 2.48. The van der Waals surface area contributed by atoms with Gasteiger partial charge in [-0.1, -0.05) is 152 Å². The molecular weight excluding hydrogens is 542 g/mol. The number of hydrogen-bond donors (Lipinski definition) is 0. The molecule has 0 saturated carbocycles. The van der Waals surface area contributed by atoms with Crippen LogP contribution in [-0.4, -0.2) is 0 Å². The fourth-order valence-corrected chi connectivity index (χ4v) is 7.53. The van der Waals surface area contributed by atoms with Crippen LogP contribution in [0.25, 0.3) is 11.3 Å². The molecule has 2 aliphatic carbocycles. The molecule has 1 unspecified atom stereocenters. The van der Waals surface area contributed by atoms with Crippen LogP contribution in [0.5, 0.6) is 0 Å². The van der Waals surface area contributed by atoms with Gasteiger partial charge in [0.05, 0.1) is 16.8 Å². The molecule has 0 saturated heterocycles. The summed E-state index contributed by atoms with van der Waals surface area (Å²) in [7, 11) is 0. The summed E-state index contributed by atoms with van der Waals surface area (Å²) in [6, 6.07) is 48.3. The molecule has 45 heavy (non-hydrogen) atoms. The van der Waals surface area contributed by atoms with Crippen LogP contribution in [-0.2, 0) is 11.8 Å². The molecule has 8 rings (SSSR count). The fraction of sp³-hybridized carbons (Fsp3) is 0.0909. The van der Waals surface area contributed by atoms with Crippen LogP contribution in [0, 0.1) is 0 Å². The van der Waals surface area contributed by atoms with E-state index < -0.39 is 0 Å². The van der Waals surface area contributed by atoms with Gasteiger partial charge in [-0.15, -0.1) is 0 Å². The summed E-state index contributed by atoms with van der Waals surface area (Å²) in [4.78, 5) is 2.38. The van der Waals surface area contributed by atoms with E-state index in [4.69, 9.17) is 6.58 Å². The molecule has 1 nitrogen and oxygen atoms in total. The molecule has 0 amide bonds. The van der Waals surface area contributed by atoms with Crippen molar-refractivity contribution in [2.24, 2.45) is 0 Å². The Hall–Kier alpha value is -5.40. The molecule has 5 aromatic rings. The Labute approximate surface area is 266 Å². The lowest BCUT2D eigenvalue weighted by molar-refractivity contribution is 0.695. The number of hydrogen-bond acceptors (Lipinski definition) is 1. The van der Waals surface area contributed by atoms with Gasteiger partial charge in [0.15, 0.2) is 0 Å². The standard InChI is InChI=1S/C44H35N/c1-32-38(39-21-11-13-23-41(39)44(32,35-17-7-3-8-18-35)36-19-9-4-10-20-36)29-30-43-40-22-12-14-24-42(40)45(43)37-27-25-34(26-28-37)31-33-15-5-2-6-16-33/h2-9,11-19,21-30H,1,10,20,31H2/b38-29+,43-30-. The summed E-state index contributed by atoms with van der Waals surface area (Å²) in [6.45, 7) is 4.87. The zero-order valence-electron chi connectivity index (χ0n) is 25.4. The first-order chi connectivity index (χ1) is 22.2. The number of para-hydroxylation sites is 1. The third-order valence-corrected chi connectivity index (χ3v) is 9.62. The molecule has 0 aromatic heterocycles. The second-order valence-corrected chi connectivity index (χ2v) is 12.1. The highest BCUT2D eigenvalue weighted by Crippen LogP contribution is 2.58. The van der Waals surface area contributed by atoms with Crippen molar-refractivity contribution in [3.8, 4) is 0 Å². The van der Waals surface area contributed by atoms with Crippen LogP contribution in [0.2, 0.25) is 0 Å². The van der Waals surface area contributed by atoms with Crippen molar-refractivity contribution >= 4 is 22.6 Å². The summed E-state index contributed by atoms with van der Waals surface area (Å²) in [5.74, 6) is 0. The van der Waals surface area contributed by atoms with Gasteiger partial charge in [0.2, 0.25) is 0 Å². The van der Waals surface area contributed by atoms with Crippen molar-refractivity contribution in [1.29, 1.82) is 0 Å². The number of allylic oxidation sites excluding steroid dienone is 8. The predicted octanol–water partition coefficient (Wildman–Crippen LogP) is 11.0. The second-order valence-electron chi connectivity index (χ2n) is 12.1. The second kappa shape index (κ2) is 11.3. The summed E-state index contributed by atoms with van der Waals surface area (Å²) < 4.78 is 0. The van der Waals surface area contributed by atoms with Crippen LogP contribution in [0.3, 0.4) is 0 Å². The van der Waals surface area contributed by atoms with Gasteiger partial charge in [-0.25, -0.2) is 0 Å². The van der Waals surface area contributed by atoms with E-state index >= 15 is 0 Å². The summed E-state index contributed by atoms with van der Waals surface area (Å²) >= 11 is 0. The monoisotopic (exact) mass is 577 g/mol. The molecule has 3 aliphatic rings. The van der Waals surface area contributed by atoms with Crippen molar-refractivity contribution in [3.05, 3.63) is 215 Å². The smallest absolute Gasteiger partial charge is 0.0670 e. The van der Waals surface area contributed by atoms with Gasteiger partial charge in [0.1, 0.15) is 0 Å². The third kappa shape index (κ3) is 4.47. The van der Waals surface area contributed by atoms with E-state index in [1.165, 1.54) is 61.6 Å². The molecule has 0 bridgehead atoms. The van der Waals surface area contributed by atoms with E-state index in [1.807, 2.05) is 0 Å². The predicted molar refractivity (Wildman–Crippen MR) is 189 cm³/mol. The molecule has 1 aliphatic heterocycles. The Morgan fingerprint density at radius 2 is 1.33 bits per heavy atom. The molecule has 0 fully saturated rings. The van der Waals surface area contributed by atoms with Crippen molar-refractivity contribution in [1.82, 2.24) is 0 Å². The van der Waals surface area contributed by atoms with E-state index in [0.29, 0.717) is 0 Å². The maximum absolute atomic E-state index is 4.87. The minimum atomic E-state index is -0.376. The Bertz CT molecular complexity index is 2020. The zero-order valence-corrected chi connectivity index (χ0v) is 25.4. The lowest BCUT2D eigenvalue weighted by atomic mass is 9.65. The lowest BCUT2D eigenvalue weighted by Crippen LogP contribution is -2.30. The molecule has 1 atom stereocenters. The van der Waals surface area contributed by atoms with Gasteiger partial charge < -0.3 is 4.90 Å². The van der Waals surface area contributed by atoms with Gasteiger partial charge in [0.25, 0.3) is 0 Å². The van der Waals surface area contributed by atoms with Crippen LogP contribution < -0.4 is 4.90 Å². The average Bonchev–Trinajstić information content (AvgIpc) is 3.35. The maximum Gasteiger partial charge on any atom is 0.0670 e. The van der Waals surface area contributed by atoms with Crippen LogP contribution in [0.1, 0.15) is 46.2 Å². The van der Waals surface area contributed by atoms with Crippen LogP contribution in [0.4, 0.5) is 11.4 Å². The number of anilines is 2. The molecular formula is C44H35N. The number of benzene rings is 5. The van der Waals surface area contributed by atoms with Crippen LogP contribution >= 0.6 is 0 Å². The van der Waals surface area contributed by atoms with Crippen molar-refractivity contribution in [2.45, 2.75) is 24.7 Å². The Balaban J connectivity index is 1.21. The minimum Gasteiger partial charge on any atom is -0.309 e. The zero-order chi connectivity index (χ0) is 30.2. The number of rotatable bonds is 6. The number of fused-ring (bicyclic) bond motifs is 2. The topological polar surface area (TPSA) is 3.24 Å². The van der Waals surface area contributed by atoms with Crippen LogP contribution in [0.15, 0.2) is 182 Å². The normalized spacial score (nSPS) is 20.1. The Morgan fingerprint density at radius 3 is 2.09 bits per heavy atom. The summed E-state index contributed by atoms with van der Waals surface area (Å²) in [5, 5.41) is 0. The molecule has 1 heterocycles. The first kappa shape index (κ1) is 27.2. The fourth-order valence-electron chi connectivity index (χ4n) is 7.53. The SMILES string of the molecule is C=C1/C(=C\C=C2\c3ccccc3N2c2ccc(Cc3ccccc3)cc2)c2ccccc2C1(C1=CC=CCC1)c1ccccc1. The molecule has 1 heteroatoms. The van der Waals surface area contributed by atoms with E-state index in [2.05, 4.69) is 169 Å². The van der Waals surface area contributed by atoms with Gasteiger partial charge in [0, 0.05) is 11.3 Å². The quantitative estimate of drug-likeness (QED) is 0.194. The molecule has 216 valence electrons. The van der Waals surface area contributed by atoms with E-state index in [9.17, 15) is 0 Å². The van der Waals surface area contributed by atoms with Crippen molar-refractivity contribution in [2.75, 3.05) is 4.90 Å². The number of nitrogens with zero attached hydrogens (tertiary/aromatic N) is 1. The van der Waals surface area contributed by atoms with E-state index in [0.717, 1.165) is 24.8 Å². The molecule has 0 N–H and O–H groups in total. The molecule has 0 radical (unpaired) electrons. The first-order valence-corrected chi connectivity index (χ1v) is 15.9. The minimum absolute atomic E-state index is 0.376. The molecule has 0 spiro atoms. The lowest BCUT2D eigenvalue weighted by Gasteiger charge is -2.39. The molecule has 5 aromatic carbocycles. The summed E-state index contributed by atoms with van der Waals surface area (Å²) in [6.07, 6.45) is 14.4. The average molecular weight is 578 g/mol. The maximum atomic E-state index is 4.87. The van der Waals surface area contributed by atoms with Crippen molar-refractivity contribution < 1.29 is 0 Å². The Morgan fingerprint density at radius 1 is 0.667 bits per heavy atom. The highest BCUT2D eigenvalue weighted by molar-refractivity contribution is 6.04. The van der Waals surface area contributed by atoms with Crippen molar-refractivity contribution in [3.63, 3.8) is 0 Å². The van der Waals surface area contributed by atoms with Gasteiger partial charge in [-0.2, -0.15) is 0 Å². The van der Waals surface area contributed by atoms with Gasteiger partial charge >= 0.3 is 0 Å². The first-order valence-electron chi connectivity index (χ1n) is 15.9. The highest BCUT2D eigenvalue weighted by atomic mass is 15.2. The third-order valence-electron chi connectivity index (χ3n) is 9.62. The van der Waals surface area contributed by atoms with E-state index in [-0.39, 0.29) is 5.41 Å². The van der Waals surface area contributed by atoms with Gasteiger partial charge in [-0.3, -0.25) is 0 Å².